The van der Waals surface area contributed by atoms with Crippen molar-refractivity contribution in [3.05, 3.63) is 15.9 Å². The molecule has 1 unspecified atom stereocenters. The SMILES string of the molecule is O=Cc1c(Br)noc1C1CCCCO1. The van der Waals surface area contributed by atoms with Crippen molar-refractivity contribution in [2.75, 3.05) is 6.61 Å². The zero-order valence-electron chi connectivity index (χ0n) is 7.53. The molecule has 1 saturated heterocycles. The standard InChI is InChI=1S/C9H10BrNO3/c10-9-6(5-12)8(14-11-9)7-3-1-2-4-13-7/h5,7H,1-4H2. The van der Waals surface area contributed by atoms with Crippen LogP contribution >= 0.6 is 15.9 Å². The third-order valence-electron chi connectivity index (χ3n) is 2.30. The molecule has 0 radical (unpaired) electrons. The van der Waals surface area contributed by atoms with Gasteiger partial charge in [0, 0.05) is 6.61 Å². The lowest BCUT2D eigenvalue weighted by molar-refractivity contribution is -0.00176. The van der Waals surface area contributed by atoms with Crippen LogP contribution in [-0.4, -0.2) is 18.0 Å². The number of hydrogen-bond donors (Lipinski definition) is 0. The summed E-state index contributed by atoms with van der Waals surface area (Å²) >= 11 is 3.15. The Kier molecular flexibility index (Phi) is 2.98. The topological polar surface area (TPSA) is 52.3 Å². The van der Waals surface area contributed by atoms with Gasteiger partial charge in [-0.15, -0.1) is 0 Å². The van der Waals surface area contributed by atoms with Crippen LogP contribution in [0.1, 0.15) is 41.5 Å². The maximum atomic E-state index is 10.8. The first-order chi connectivity index (χ1) is 6.83. The fourth-order valence-corrected chi connectivity index (χ4v) is 1.94. The number of halogens is 1. The van der Waals surface area contributed by atoms with E-state index in [4.69, 9.17) is 9.26 Å². The highest BCUT2D eigenvalue weighted by molar-refractivity contribution is 9.10. The Balaban J connectivity index is 2.25. The summed E-state index contributed by atoms with van der Waals surface area (Å²) in [5, 5.41) is 3.69. The van der Waals surface area contributed by atoms with Crippen molar-refractivity contribution in [3.63, 3.8) is 0 Å². The lowest BCUT2D eigenvalue weighted by Crippen LogP contribution is -2.12. The molecule has 1 aromatic rings. The summed E-state index contributed by atoms with van der Waals surface area (Å²) < 4.78 is 11.0. The maximum absolute atomic E-state index is 10.8. The monoisotopic (exact) mass is 259 g/mol. The van der Waals surface area contributed by atoms with E-state index in [1.165, 1.54) is 0 Å². The number of carbonyl (C=O) groups excluding carboxylic acids is 1. The minimum atomic E-state index is -0.109. The molecule has 1 aliphatic rings. The molecule has 1 atom stereocenters. The van der Waals surface area contributed by atoms with Gasteiger partial charge in [0.2, 0.25) is 0 Å². The second-order valence-corrected chi connectivity index (χ2v) is 3.98. The fourth-order valence-electron chi connectivity index (χ4n) is 1.58. The molecule has 0 amide bonds. The van der Waals surface area contributed by atoms with Crippen LogP contribution in [0, 0.1) is 0 Å². The predicted molar refractivity (Wildman–Crippen MR) is 52.1 cm³/mol. The summed E-state index contributed by atoms with van der Waals surface area (Å²) in [6, 6.07) is 0. The van der Waals surface area contributed by atoms with Crippen LogP contribution in [0.3, 0.4) is 0 Å². The lowest BCUT2D eigenvalue weighted by Gasteiger charge is -2.20. The van der Waals surface area contributed by atoms with Crippen LogP contribution in [0.15, 0.2) is 9.13 Å². The number of carbonyl (C=O) groups is 1. The minimum absolute atomic E-state index is 0.109. The van der Waals surface area contributed by atoms with E-state index in [-0.39, 0.29) is 6.10 Å². The van der Waals surface area contributed by atoms with Gasteiger partial charge in [-0.3, -0.25) is 4.79 Å². The number of rotatable bonds is 2. The van der Waals surface area contributed by atoms with E-state index in [1.807, 2.05) is 0 Å². The van der Waals surface area contributed by atoms with E-state index >= 15 is 0 Å². The van der Waals surface area contributed by atoms with E-state index in [0.29, 0.717) is 15.9 Å². The van der Waals surface area contributed by atoms with Gasteiger partial charge in [-0.25, -0.2) is 0 Å². The first-order valence-corrected chi connectivity index (χ1v) is 5.34. The van der Waals surface area contributed by atoms with Crippen molar-refractivity contribution >= 4 is 22.2 Å². The Labute approximate surface area is 89.7 Å². The smallest absolute Gasteiger partial charge is 0.177 e. The van der Waals surface area contributed by atoms with Gasteiger partial charge in [-0.05, 0) is 35.2 Å². The average molecular weight is 260 g/mol. The fraction of sp³-hybridized carbons (Fsp3) is 0.556. The number of nitrogens with zero attached hydrogens (tertiary/aromatic N) is 1. The van der Waals surface area contributed by atoms with Crippen molar-refractivity contribution in [1.29, 1.82) is 0 Å². The maximum Gasteiger partial charge on any atom is 0.177 e. The Bertz CT molecular complexity index is 331. The zero-order chi connectivity index (χ0) is 9.97. The Hall–Kier alpha value is -0.680. The van der Waals surface area contributed by atoms with Gasteiger partial charge in [-0.2, -0.15) is 0 Å². The van der Waals surface area contributed by atoms with Crippen molar-refractivity contribution in [3.8, 4) is 0 Å². The lowest BCUT2D eigenvalue weighted by atomic mass is 10.1. The molecule has 1 fully saturated rings. The van der Waals surface area contributed by atoms with Crippen LogP contribution in [0.4, 0.5) is 0 Å². The van der Waals surface area contributed by atoms with E-state index in [1.54, 1.807) is 0 Å². The van der Waals surface area contributed by atoms with Crippen molar-refractivity contribution in [1.82, 2.24) is 5.16 Å². The minimum Gasteiger partial charge on any atom is -0.370 e. The van der Waals surface area contributed by atoms with Gasteiger partial charge in [0.05, 0.1) is 5.56 Å². The van der Waals surface area contributed by atoms with Crippen LogP contribution in [0.25, 0.3) is 0 Å². The van der Waals surface area contributed by atoms with E-state index in [9.17, 15) is 4.79 Å². The highest BCUT2D eigenvalue weighted by Gasteiger charge is 2.25. The molecule has 4 nitrogen and oxygen atoms in total. The van der Waals surface area contributed by atoms with Crippen molar-refractivity contribution in [2.24, 2.45) is 0 Å². The van der Waals surface area contributed by atoms with Gasteiger partial charge in [0.15, 0.2) is 16.6 Å². The van der Waals surface area contributed by atoms with Gasteiger partial charge in [-0.1, -0.05) is 5.16 Å². The first-order valence-electron chi connectivity index (χ1n) is 4.54. The summed E-state index contributed by atoms with van der Waals surface area (Å²) in [7, 11) is 0. The quantitative estimate of drug-likeness (QED) is 0.766. The molecule has 0 aliphatic carbocycles. The molecule has 0 aromatic carbocycles. The summed E-state index contributed by atoms with van der Waals surface area (Å²) in [5.41, 5.74) is 0.469. The molecule has 1 aromatic heterocycles. The third kappa shape index (κ3) is 1.74. The number of hydrogen-bond acceptors (Lipinski definition) is 4. The summed E-state index contributed by atoms with van der Waals surface area (Å²) in [6.07, 6.45) is 3.70. The number of ether oxygens (including phenoxy) is 1. The van der Waals surface area contributed by atoms with E-state index in [0.717, 1.165) is 32.2 Å². The van der Waals surface area contributed by atoms with Crippen LogP contribution < -0.4 is 0 Å². The molecule has 14 heavy (non-hydrogen) atoms. The molecule has 1 aliphatic heterocycles. The third-order valence-corrected chi connectivity index (χ3v) is 2.87. The van der Waals surface area contributed by atoms with Crippen molar-refractivity contribution in [2.45, 2.75) is 25.4 Å². The number of aldehydes is 1. The summed E-state index contributed by atoms with van der Waals surface area (Å²) in [5.74, 6) is 0.548. The van der Waals surface area contributed by atoms with Gasteiger partial charge in [0.25, 0.3) is 0 Å². The summed E-state index contributed by atoms with van der Waals surface area (Å²) in [4.78, 5) is 10.8. The molecule has 0 saturated carbocycles. The second-order valence-electron chi connectivity index (χ2n) is 3.22. The highest BCUT2D eigenvalue weighted by atomic mass is 79.9. The summed E-state index contributed by atoms with van der Waals surface area (Å²) in [6.45, 7) is 0.723. The molecular formula is C9H10BrNO3. The van der Waals surface area contributed by atoms with E-state index < -0.39 is 0 Å². The molecule has 0 bridgehead atoms. The van der Waals surface area contributed by atoms with Crippen LogP contribution in [0.2, 0.25) is 0 Å². The normalized spacial score (nSPS) is 22.2. The van der Waals surface area contributed by atoms with Crippen LogP contribution in [0.5, 0.6) is 0 Å². The molecule has 5 heteroatoms. The van der Waals surface area contributed by atoms with Crippen molar-refractivity contribution < 1.29 is 14.1 Å². The first kappa shape index (κ1) is 9.86. The molecule has 0 spiro atoms. The highest BCUT2D eigenvalue weighted by Crippen LogP contribution is 2.32. The Morgan fingerprint density at radius 3 is 3.00 bits per heavy atom. The van der Waals surface area contributed by atoms with Gasteiger partial charge in [0.1, 0.15) is 6.10 Å². The molecule has 0 N–H and O–H groups in total. The van der Waals surface area contributed by atoms with Crippen LogP contribution in [-0.2, 0) is 4.74 Å². The second kappa shape index (κ2) is 4.23. The van der Waals surface area contributed by atoms with E-state index in [2.05, 4.69) is 21.1 Å². The Morgan fingerprint density at radius 1 is 1.50 bits per heavy atom. The molecule has 2 rings (SSSR count). The Morgan fingerprint density at radius 2 is 2.36 bits per heavy atom. The average Bonchev–Trinajstić information content (AvgIpc) is 2.61. The molecule has 76 valence electrons. The molecule has 2 heterocycles. The predicted octanol–water partition coefficient (Wildman–Crippen LogP) is 2.49. The van der Waals surface area contributed by atoms with Gasteiger partial charge < -0.3 is 9.26 Å². The zero-order valence-corrected chi connectivity index (χ0v) is 9.12. The van der Waals surface area contributed by atoms with Gasteiger partial charge >= 0.3 is 0 Å². The number of aromatic nitrogens is 1. The molecular weight excluding hydrogens is 250 g/mol. The largest absolute Gasteiger partial charge is 0.370 e.